The number of carbonyl (C=O) groups excluding carboxylic acids is 1. The van der Waals surface area contributed by atoms with Gasteiger partial charge in [-0.05, 0) is 42.0 Å². The fourth-order valence-electron chi connectivity index (χ4n) is 3.75. The number of benzene rings is 3. The van der Waals surface area contributed by atoms with Crippen LogP contribution in [0.5, 0.6) is 5.75 Å². The van der Waals surface area contributed by atoms with E-state index in [-0.39, 0.29) is 12.1 Å². The summed E-state index contributed by atoms with van der Waals surface area (Å²) in [6, 6.07) is 23.2. The molecule has 3 aromatic carbocycles. The lowest BCUT2D eigenvalue weighted by Crippen LogP contribution is -2.43. The zero-order chi connectivity index (χ0) is 20.5. The highest BCUT2D eigenvalue weighted by Crippen LogP contribution is 2.37. The third-order valence-corrected chi connectivity index (χ3v) is 5.27. The second-order valence-corrected chi connectivity index (χ2v) is 7.03. The molecule has 1 aromatic heterocycles. The molecule has 1 amide bonds. The van der Waals surface area contributed by atoms with Crippen molar-refractivity contribution < 1.29 is 9.53 Å². The number of carbonyl (C=O) groups is 1. The largest absolute Gasteiger partial charge is 0.497 e. The fourth-order valence-corrected chi connectivity index (χ4v) is 3.75. The third kappa shape index (κ3) is 3.08. The first kappa shape index (κ1) is 18.0. The highest BCUT2D eigenvalue weighted by molar-refractivity contribution is 6.12. The maximum absolute atomic E-state index is 13.5. The number of rotatable bonds is 4. The van der Waals surface area contributed by atoms with Gasteiger partial charge in [0.2, 0.25) is 0 Å². The second-order valence-electron chi connectivity index (χ2n) is 7.03. The predicted molar refractivity (Wildman–Crippen MR) is 116 cm³/mol. The van der Waals surface area contributed by atoms with Gasteiger partial charge in [0.25, 0.3) is 5.91 Å². The number of hydrogen-bond acceptors (Lipinski definition) is 4. The Balaban J connectivity index is 1.59. The van der Waals surface area contributed by atoms with Gasteiger partial charge in [-0.25, -0.2) is 4.98 Å². The van der Waals surface area contributed by atoms with Crippen molar-refractivity contribution >= 4 is 17.3 Å². The molecular formula is C24H20N4O2. The number of ether oxygens (including phenoxy) is 1. The van der Waals surface area contributed by atoms with Crippen LogP contribution in [-0.2, 0) is 0 Å². The van der Waals surface area contributed by atoms with Crippen LogP contribution in [0.4, 0.5) is 11.4 Å². The van der Waals surface area contributed by atoms with Crippen LogP contribution >= 0.6 is 0 Å². The van der Waals surface area contributed by atoms with Crippen LogP contribution in [-0.4, -0.2) is 22.6 Å². The zero-order valence-electron chi connectivity index (χ0n) is 16.4. The van der Waals surface area contributed by atoms with E-state index in [4.69, 9.17) is 4.74 Å². The fraction of sp³-hybridized carbons (Fsp3) is 0.0833. The Morgan fingerprint density at radius 3 is 2.57 bits per heavy atom. The van der Waals surface area contributed by atoms with Crippen molar-refractivity contribution in [3.8, 4) is 11.4 Å². The third-order valence-electron chi connectivity index (χ3n) is 5.27. The SMILES string of the molecule is COc1cccc(N2C(=O)c3ccccc3NC2c2ccc(-n3ccnc3)cc2)c1. The summed E-state index contributed by atoms with van der Waals surface area (Å²) < 4.78 is 7.32. The molecule has 5 rings (SSSR count). The lowest BCUT2D eigenvalue weighted by Gasteiger charge is -2.38. The Morgan fingerprint density at radius 2 is 1.80 bits per heavy atom. The maximum atomic E-state index is 13.5. The Kier molecular flexibility index (Phi) is 4.44. The minimum absolute atomic E-state index is 0.0544. The van der Waals surface area contributed by atoms with Crippen molar-refractivity contribution in [3.05, 3.63) is 103 Å². The molecule has 1 aliphatic heterocycles. The molecule has 1 aliphatic rings. The van der Waals surface area contributed by atoms with E-state index in [2.05, 4.69) is 10.3 Å². The number of imidazole rings is 1. The Morgan fingerprint density at radius 1 is 0.967 bits per heavy atom. The summed E-state index contributed by atoms with van der Waals surface area (Å²) >= 11 is 0. The van der Waals surface area contributed by atoms with Crippen LogP contribution in [0.1, 0.15) is 22.1 Å². The lowest BCUT2D eigenvalue weighted by molar-refractivity contribution is 0.0975. The monoisotopic (exact) mass is 396 g/mol. The molecule has 0 spiro atoms. The van der Waals surface area contributed by atoms with Crippen molar-refractivity contribution in [1.29, 1.82) is 0 Å². The first-order chi connectivity index (χ1) is 14.7. The average molecular weight is 396 g/mol. The van der Waals surface area contributed by atoms with Gasteiger partial charge >= 0.3 is 0 Å². The summed E-state index contributed by atoms with van der Waals surface area (Å²) in [4.78, 5) is 19.4. The van der Waals surface area contributed by atoms with E-state index in [0.717, 1.165) is 22.6 Å². The lowest BCUT2D eigenvalue weighted by atomic mass is 10.0. The molecule has 0 aliphatic carbocycles. The number of anilines is 2. The van der Waals surface area contributed by atoms with Crippen LogP contribution < -0.4 is 15.0 Å². The van der Waals surface area contributed by atoms with E-state index in [1.54, 1.807) is 24.5 Å². The molecule has 0 saturated carbocycles. The number of methoxy groups -OCH3 is 1. The zero-order valence-corrected chi connectivity index (χ0v) is 16.4. The molecule has 30 heavy (non-hydrogen) atoms. The number of para-hydroxylation sites is 1. The first-order valence-electron chi connectivity index (χ1n) is 9.66. The Bertz CT molecular complexity index is 1190. The smallest absolute Gasteiger partial charge is 0.262 e. The van der Waals surface area contributed by atoms with Gasteiger partial charge in [-0.3, -0.25) is 9.69 Å². The van der Waals surface area contributed by atoms with Crippen LogP contribution in [0.3, 0.4) is 0 Å². The van der Waals surface area contributed by atoms with E-state index >= 15 is 0 Å². The molecule has 148 valence electrons. The summed E-state index contributed by atoms with van der Waals surface area (Å²) in [5, 5.41) is 3.53. The van der Waals surface area contributed by atoms with Crippen LogP contribution in [0.25, 0.3) is 5.69 Å². The number of fused-ring (bicyclic) bond motifs is 1. The van der Waals surface area contributed by atoms with Gasteiger partial charge in [-0.15, -0.1) is 0 Å². The summed E-state index contributed by atoms with van der Waals surface area (Å²) in [6.45, 7) is 0. The molecule has 0 bridgehead atoms. The number of amides is 1. The molecule has 0 fully saturated rings. The quantitative estimate of drug-likeness (QED) is 0.545. The Labute approximate surface area is 174 Å². The van der Waals surface area contributed by atoms with Gasteiger partial charge in [0, 0.05) is 29.8 Å². The van der Waals surface area contributed by atoms with Crippen LogP contribution in [0, 0.1) is 0 Å². The van der Waals surface area contributed by atoms with Crippen molar-refractivity contribution in [3.63, 3.8) is 0 Å². The predicted octanol–water partition coefficient (Wildman–Crippen LogP) is 4.65. The summed E-state index contributed by atoms with van der Waals surface area (Å²) in [7, 11) is 1.62. The number of aromatic nitrogens is 2. The van der Waals surface area contributed by atoms with Gasteiger partial charge in [0.15, 0.2) is 0 Å². The first-order valence-corrected chi connectivity index (χ1v) is 9.66. The molecule has 6 nitrogen and oxygen atoms in total. The van der Waals surface area contributed by atoms with Gasteiger partial charge in [-0.2, -0.15) is 0 Å². The highest BCUT2D eigenvalue weighted by Gasteiger charge is 2.34. The topological polar surface area (TPSA) is 59.4 Å². The van der Waals surface area contributed by atoms with Crippen LogP contribution in [0.15, 0.2) is 91.5 Å². The minimum atomic E-state index is -0.351. The molecule has 0 saturated heterocycles. The van der Waals surface area contributed by atoms with Crippen molar-refractivity contribution in [1.82, 2.24) is 9.55 Å². The molecular weight excluding hydrogens is 376 g/mol. The average Bonchev–Trinajstić information content (AvgIpc) is 3.34. The van der Waals surface area contributed by atoms with E-state index in [1.807, 2.05) is 83.6 Å². The molecule has 1 unspecified atom stereocenters. The molecule has 0 radical (unpaired) electrons. The molecule has 1 N–H and O–H groups in total. The van der Waals surface area contributed by atoms with Crippen molar-refractivity contribution in [2.75, 3.05) is 17.3 Å². The van der Waals surface area contributed by atoms with E-state index in [9.17, 15) is 4.79 Å². The summed E-state index contributed by atoms with van der Waals surface area (Å²) in [5.74, 6) is 0.648. The van der Waals surface area contributed by atoms with Gasteiger partial charge in [0.05, 0.1) is 24.7 Å². The standard InChI is InChI=1S/C24H20N4O2/c1-30-20-6-4-5-19(15-20)28-23(26-22-8-3-2-7-21(22)24(28)29)17-9-11-18(12-10-17)27-14-13-25-16-27/h2-16,23,26H,1H3. The van der Waals surface area contributed by atoms with Crippen LogP contribution in [0.2, 0.25) is 0 Å². The molecule has 6 heteroatoms. The van der Waals surface area contributed by atoms with Crippen molar-refractivity contribution in [2.24, 2.45) is 0 Å². The number of nitrogens with zero attached hydrogens (tertiary/aromatic N) is 3. The van der Waals surface area contributed by atoms with E-state index < -0.39 is 0 Å². The summed E-state index contributed by atoms with van der Waals surface area (Å²) in [5.41, 5.74) is 4.22. The normalized spacial score (nSPS) is 15.4. The van der Waals surface area contributed by atoms with Gasteiger partial charge in [-0.1, -0.05) is 30.3 Å². The van der Waals surface area contributed by atoms with Gasteiger partial charge < -0.3 is 14.6 Å². The van der Waals surface area contributed by atoms with Crippen molar-refractivity contribution in [2.45, 2.75) is 6.17 Å². The number of nitrogens with one attached hydrogen (secondary N) is 1. The Hall–Kier alpha value is -4.06. The number of hydrogen-bond donors (Lipinski definition) is 1. The minimum Gasteiger partial charge on any atom is -0.497 e. The maximum Gasteiger partial charge on any atom is 0.262 e. The van der Waals surface area contributed by atoms with E-state index in [1.165, 1.54) is 0 Å². The molecule has 2 heterocycles. The summed E-state index contributed by atoms with van der Waals surface area (Å²) in [6.07, 6.45) is 5.06. The molecule has 1 atom stereocenters. The highest BCUT2D eigenvalue weighted by atomic mass is 16.5. The molecule has 4 aromatic rings. The second kappa shape index (κ2) is 7.40. The van der Waals surface area contributed by atoms with E-state index in [0.29, 0.717) is 11.3 Å². The van der Waals surface area contributed by atoms with Gasteiger partial charge in [0.1, 0.15) is 11.9 Å².